The van der Waals surface area contributed by atoms with E-state index in [-0.39, 0.29) is 23.8 Å². The third-order valence-electron chi connectivity index (χ3n) is 3.91. The first-order valence-corrected chi connectivity index (χ1v) is 9.30. The third-order valence-corrected chi connectivity index (χ3v) is 4.21. The van der Waals surface area contributed by atoms with Crippen LogP contribution in [0.4, 0.5) is 5.69 Å². The van der Waals surface area contributed by atoms with Crippen LogP contribution in [0.25, 0.3) is 6.08 Å². The van der Waals surface area contributed by atoms with Crippen LogP contribution in [0.5, 0.6) is 5.75 Å². The van der Waals surface area contributed by atoms with E-state index in [1.165, 1.54) is 6.08 Å². The third kappa shape index (κ3) is 6.37. The van der Waals surface area contributed by atoms with Gasteiger partial charge >= 0.3 is 5.97 Å². The van der Waals surface area contributed by atoms with Crippen molar-refractivity contribution in [1.29, 1.82) is 5.26 Å². The van der Waals surface area contributed by atoms with E-state index in [2.05, 4.69) is 5.32 Å². The fraction of sp³-hybridized carbons (Fsp3) is 0.227. The SMILES string of the molecule is CCOC(=O)COc1ccc(/C=C(\C#N)C(=O)Nc2ccc(C)cc2C)cc1Cl. The quantitative estimate of drug-likeness (QED) is 0.412. The number of benzene rings is 2. The van der Waals surface area contributed by atoms with Crippen molar-refractivity contribution in [3.63, 3.8) is 0 Å². The molecule has 1 amide bonds. The minimum absolute atomic E-state index is 0.0683. The van der Waals surface area contributed by atoms with Gasteiger partial charge in [-0.05, 0) is 56.2 Å². The van der Waals surface area contributed by atoms with Crippen LogP contribution in [-0.4, -0.2) is 25.1 Å². The Hall–Kier alpha value is -3.30. The number of nitriles is 1. The first kappa shape index (κ1) is 22.0. The molecule has 0 saturated heterocycles. The standard InChI is InChI=1S/C22H21ClN2O4/c1-4-28-21(26)13-29-20-8-6-16(11-18(20)23)10-17(12-24)22(27)25-19-7-5-14(2)9-15(19)3/h5-11H,4,13H2,1-3H3,(H,25,27)/b17-10+. The summed E-state index contributed by atoms with van der Waals surface area (Å²) in [5.74, 6) is -0.712. The maximum absolute atomic E-state index is 12.5. The molecule has 0 spiro atoms. The molecule has 0 aliphatic heterocycles. The van der Waals surface area contributed by atoms with Crippen LogP contribution in [-0.2, 0) is 14.3 Å². The van der Waals surface area contributed by atoms with Crippen molar-refractivity contribution in [3.05, 3.63) is 63.7 Å². The highest BCUT2D eigenvalue weighted by Crippen LogP contribution is 2.26. The first-order valence-electron chi connectivity index (χ1n) is 8.92. The van der Waals surface area contributed by atoms with E-state index in [0.29, 0.717) is 17.0 Å². The first-order chi connectivity index (χ1) is 13.8. The predicted octanol–water partition coefficient (Wildman–Crippen LogP) is 4.44. The van der Waals surface area contributed by atoms with Gasteiger partial charge < -0.3 is 14.8 Å². The van der Waals surface area contributed by atoms with E-state index in [4.69, 9.17) is 21.1 Å². The zero-order valence-electron chi connectivity index (χ0n) is 16.4. The van der Waals surface area contributed by atoms with Crippen LogP contribution in [0.2, 0.25) is 5.02 Å². The second-order valence-electron chi connectivity index (χ2n) is 6.23. The molecule has 0 saturated carbocycles. The van der Waals surface area contributed by atoms with Crippen molar-refractivity contribution < 1.29 is 19.1 Å². The molecule has 1 N–H and O–H groups in total. The van der Waals surface area contributed by atoms with Crippen LogP contribution < -0.4 is 10.1 Å². The summed E-state index contributed by atoms with van der Waals surface area (Å²) >= 11 is 6.17. The number of carbonyl (C=O) groups is 2. The Morgan fingerprint density at radius 1 is 1.21 bits per heavy atom. The summed E-state index contributed by atoms with van der Waals surface area (Å²) in [5, 5.41) is 12.4. The average Bonchev–Trinajstić information content (AvgIpc) is 2.67. The van der Waals surface area contributed by atoms with Gasteiger partial charge in [0.1, 0.15) is 17.4 Å². The van der Waals surface area contributed by atoms with E-state index in [1.54, 1.807) is 31.2 Å². The van der Waals surface area contributed by atoms with Crippen LogP contribution in [0, 0.1) is 25.2 Å². The number of halogens is 1. The number of carbonyl (C=O) groups excluding carboxylic acids is 2. The van der Waals surface area contributed by atoms with Crippen molar-refractivity contribution in [2.45, 2.75) is 20.8 Å². The molecule has 2 aromatic rings. The number of nitrogens with zero attached hydrogens (tertiary/aromatic N) is 1. The summed E-state index contributed by atoms with van der Waals surface area (Å²) in [7, 11) is 0. The van der Waals surface area contributed by atoms with E-state index in [1.807, 2.05) is 32.0 Å². The topological polar surface area (TPSA) is 88.4 Å². The smallest absolute Gasteiger partial charge is 0.344 e. The number of esters is 1. The van der Waals surface area contributed by atoms with Crippen LogP contribution >= 0.6 is 11.6 Å². The Kier molecular flexibility index (Phi) is 7.81. The summed E-state index contributed by atoms with van der Waals surface area (Å²) in [6, 6.07) is 12.3. The predicted molar refractivity (Wildman–Crippen MR) is 112 cm³/mol. The molecular weight excluding hydrogens is 392 g/mol. The number of anilines is 1. The number of hydrogen-bond donors (Lipinski definition) is 1. The van der Waals surface area contributed by atoms with Crippen molar-refractivity contribution in [3.8, 4) is 11.8 Å². The molecule has 2 rings (SSSR count). The molecule has 29 heavy (non-hydrogen) atoms. The van der Waals surface area contributed by atoms with Gasteiger partial charge in [0.15, 0.2) is 6.61 Å². The summed E-state index contributed by atoms with van der Waals surface area (Å²) in [6.45, 7) is 5.55. The maximum Gasteiger partial charge on any atom is 0.344 e. The summed E-state index contributed by atoms with van der Waals surface area (Å²) < 4.78 is 10.1. The molecule has 0 aliphatic carbocycles. The molecular formula is C22H21ClN2O4. The van der Waals surface area contributed by atoms with Gasteiger partial charge in [-0.1, -0.05) is 35.4 Å². The van der Waals surface area contributed by atoms with Crippen LogP contribution in [0.1, 0.15) is 23.6 Å². The van der Waals surface area contributed by atoms with Gasteiger partial charge in [0, 0.05) is 5.69 Å². The molecule has 150 valence electrons. The minimum Gasteiger partial charge on any atom is -0.480 e. The molecule has 0 unspecified atom stereocenters. The second-order valence-corrected chi connectivity index (χ2v) is 6.63. The molecule has 7 heteroatoms. The van der Waals surface area contributed by atoms with Crippen molar-refractivity contribution >= 4 is 35.2 Å². The average molecular weight is 413 g/mol. The molecule has 0 fully saturated rings. The van der Waals surface area contributed by atoms with E-state index >= 15 is 0 Å². The van der Waals surface area contributed by atoms with Gasteiger partial charge in [-0.15, -0.1) is 0 Å². The summed E-state index contributed by atoms with van der Waals surface area (Å²) in [4.78, 5) is 23.8. The Morgan fingerprint density at radius 3 is 2.59 bits per heavy atom. The Balaban J connectivity index is 2.13. The normalized spacial score (nSPS) is 10.8. The lowest BCUT2D eigenvalue weighted by Crippen LogP contribution is -2.15. The molecule has 0 aliphatic rings. The van der Waals surface area contributed by atoms with E-state index in [9.17, 15) is 14.9 Å². The summed E-state index contributed by atoms with van der Waals surface area (Å²) in [5.41, 5.74) is 3.10. The highest BCUT2D eigenvalue weighted by Gasteiger charge is 2.12. The number of amides is 1. The van der Waals surface area contributed by atoms with Gasteiger partial charge in [0.2, 0.25) is 0 Å². The number of ether oxygens (including phenoxy) is 2. The second kappa shape index (κ2) is 10.3. The fourth-order valence-corrected chi connectivity index (χ4v) is 2.77. The van der Waals surface area contributed by atoms with Gasteiger partial charge in [0.25, 0.3) is 5.91 Å². The number of rotatable bonds is 7. The molecule has 2 aromatic carbocycles. The zero-order chi connectivity index (χ0) is 21.4. The van der Waals surface area contributed by atoms with Crippen LogP contribution in [0.3, 0.4) is 0 Å². The van der Waals surface area contributed by atoms with Crippen molar-refractivity contribution in [2.24, 2.45) is 0 Å². The molecule has 0 bridgehead atoms. The highest BCUT2D eigenvalue weighted by molar-refractivity contribution is 6.32. The van der Waals surface area contributed by atoms with E-state index < -0.39 is 11.9 Å². The molecule has 0 radical (unpaired) electrons. The minimum atomic E-state index is -0.516. The number of aryl methyl sites for hydroxylation is 2. The lowest BCUT2D eigenvalue weighted by atomic mass is 10.1. The molecule has 6 nitrogen and oxygen atoms in total. The van der Waals surface area contributed by atoms with Gasteiger partial charge in [-0.25, -0.2) is 4.79 Å². The monoisotopic (exact) mass is 412 g/mol. The largest absolute Gasteiger partial charge is 0.480 e. The lowest BCUT2D eigenvalue weighted by Gasteiger charge is -2.09. The van der Waals surface area contributed by atoms with Gasteiger partial charge in [-0.2, -0.15) is 5.26 Å². The highest BCUT2D eigenvalue weighted by atomic mass is 35.5. The Morgan fingerprint density at radius 2 is 1.97 bits per heavy atom. The number of hydrogen-bond acceptors (Lipinski definition) is 5. The molecule has 0 atom stereocenters. The lowest BCUT2D eigenvalue weighted by molar-refractivity contribution is -0.145. The summed E-state index contributed by atoms with van der Waals surface area (Å²) in [6.07, 6.45) is 1.43. The van der Waals surface area contributed by atoms with Crippen LogP contribution in [0.15, 0.2) is 42.0 Å². The van der Waals surface area contributed by atoms with Crippen molar-refractivity contribution in [1.82, 2.24) is 0 Å². The van der Waals surface area contributed by atoms with Gasteiger partial charge in [0.05, 0.1) is 11.6 Å². The molecule has 0 heterocycles. The number of nitrogens with one attached hydrogen (secondary N) is 1. The fourth-order valence-electron chi connectivity index (χ4n) is 2.52. The zero-order valence-corrected chi connectivity index (χ0v) is 17.2. The Bertz CT molecular complexity index is 993. The molecule has 0 aromatic heterocycles. The Labute approximate surface area is 174 Å². The van der Waals surface area contributed by atoms with Crippen molar-refractivity contribution in [2.75, 3.05) is 18.5 Å². The maximum atomic E-state index is 12.5. The van der Waals surface area contributed by atoms with Gasteiger partial charge in [-0.3, -0.25) is 4.79 Å². The van der Waals surface area contributed by atoms with E-state index in [0.717, 1.165) is 11.1 Å².